The maximum absolute atomic E-state index is 14.2. The smallest absolute Gasteiger partial charge is 0.407 e. The first kappa shape index (κ1) is 37.6. The lowest BCUT2D eigenvalue weighted by Crippen LogP contribution is -2.50. The van der Waals surface area contributed by atoms with E-state index >= 15 is 0 Å². The molecule has 0 radical (unpaired) electrons. The quantitative estimate of drug-likeness (QED) is 0.178. The van der Waals surface area contributed by atoms with Crippen LogP contribution in [0.15, 0.2) is 28.7 Å². The number of methoxy groups -OCH3 is 1. The molecule has 2 N–H and O–H groups in total. The Hall–Kier alpha value is -3.67. The lowest BCUT2D eigenvalue weighted by atomic mass is 9.76. The predicted molar refractivity (Wildman–Crippen MR) is 186 cm³/mol. The number of amides is 3. The minimum atomic E-state index is -0.704. The first-order chi connectivity index (χ1) is 24.0. The van der Waals surface area contributed by atoms with Crippen LogP contribution in [-0.4, -0.2) is 80.0 Å². The van der Waals surface area contributed by atoms with Gasteiger partial charge in [-0.15, -0.1) is 0 Å². The van der Waals surface area contributed by atoms with Crippen molar-refractivity contribution in [3.63, 3.8) is 0 Å². The van der Waals surface area contributed by atoms with Crippen molar-refractivity contribution >= 4 is 40.5 Å². The molecule has 1 aromatic carbocycles. The van der Waals surface area contributed by atoms with Crippen molar-refractivity contribution < 1.29 is 42.2 Å². The number of anilines is 1. The van der Waals surface area contributed by atoms with E-state index in [4.69, 9.17) is 18.6 Å². The standard InChI is InChI=1S/C38H54FN3O8/c1-38(2,3)50-37(46)41-30(23-39)25-11-13-26(14-12-25)35(44)42-18-17-29(24-9-6-5-7-10-24)33(42)34(43)40-28-15-16-31-27(21-28)22-32(49-31)36(45)48-20-8-19-47-4/h15-16,21-22,24-26,29-30,33H,5-14,17-20,23H2,1-4H3,(H,40,43)(H,41,46)/t25?,26?,29-,30+,33-/m0/s1. The van der Waals surface area contributed by atoms with Crippen LogP contribution in [0, 0.1) is 23.7 Å². The van der Waals surface area contributed by atoms with Crippen LogP contribution >= 0.6 is 0 Å². The molecular formula is C38H54FN3O8. The summed E-state index contributed by atoms with van der Waals surface area (Å²) in [4.78, 5) is 54.9. The number of hydrogen-bond acceptors (Lipinski definition) is 8. The van der Waals surface area contributed by atoms with Crippen molar-refractivity contribution in [1.82, 2.24) is 10.2 Å². The number of hydrogen-bond donors (Lipinski definition) is 2. The molecule has 5 rings (SSSR count). The van der Waals surface area contributed by atoms with Gasteiger partial charge in [0.1, 0.15) is 23.9 Å². The van der Waals surface area contributed by atoms with E-state index in [0.29, 0.717) is 67.8 Å². The summed E-state index contributed by atoms with van der Waals surface area (Å²) >= 11 is 0. The highest BCUT2D eigenvalue weighted by Crippen LogP contribution is 2.41. The van der Waals surface area contributed by atoms with Gasteiger partial charge in [-0.2, -0.15) is 0 Å². The molecule has 1 aliphatic heterocycles. The first-order valence-corrected chi connectivity index (χ1v) is 18.3. The van der Waals surface area contributed by atoms with Crippen molar-refractivity contribution in [2.24, 2.45) is 23.7 Å². The number of rotatable bonds is 12. The van der Waals surface area contributed by atoms with Crippen molar-refractivity contribution in [2.75, 3.05) is 38.9 Å². The van der Waals surface area contributed by atoms with Gasteiger partial charge in [-0.1, -0.05) is 32.1 Å². The Kier molecular flexibility index (Phi) is 12.8. The number of furan rings is 1. The molecule has 3 atom stereocenters. The highest BCUT2D eigenvalue weighted by atomic mass is 19.1. The van der Waals surface area contributed by atoms with Crippen molar-refractivity contribution in [2.45, 2.75) is 109 Å². The van der Waals surface area contributed by atoms with Crippen LogP contribution in [0.2, 0.25) is 0 Å². The van der Waals surface area contributed by atoms with Crippen LogP contribution in [0.3, 0.4) is 0 Å². The van der Waals surface area contributed by atoms with E-state index in [0.717, 1.165) is 32.1 Å². The highest BCUT2D eigenvalue weighted by molar-refractivity contribution is 6.00. The Labute approximate surface area is 294 Å². The summed E-state index contributed by atoms with van der Waals surface area (Å²) in [6.45, 7) is 5.82. The summed E-state index contributed by atoms with van der Waals surface area (Å²) in [5, 5.41) is 6.43. The molecule has 2 aliphatic carbocycles. The van der Waals surface area contributed by atoms with Gasteiger partial charge in [0.15, 0.2) is 0 Å². The molecule has 1 aromatic heterocycles. The molecule has 276 valence electrons. The average molecular weight is 700 g/mol. The van der Waals surface area contributed by atoms with Gasteiger partial charge in [0.25, 0.3) is 0 Å². The maximum atomic E-state index is 14.2. The van der Waals surface area contributed by atoms with Gasteiger partial charge < -0.3 is 34.2 Å². The molecular weight excluding hydrogens is 645 g/mol. The number of carbonyl (C=O) groups is 4. The molecule has 3 fully saturated rings. The molecule has 11 nitrogen and oxygen atoms in total. The SMILES string of the molecule is COCCCOC(=O)c1cc2cc(NC(=O)[C@@H]3[C@H](C4CCCCC4)CCN3C(=O)C3CCC([C@@H](CF)NC(=O)OC(C)(C)C)CC3)ccc2o1. The number of halogens is 1. The molecule has 2 heterocycles. The van der Waals surface area contributed by atoms with Gasteiger partial charge in [-0.05, 0) is 94.9 Å². The zero-order chi connectivity index (χ0) is 35.8. The number of likely N-dealkylation sites (tertiary alicyclic amines) is 1. The van der Waals surface area contributed by atoms with Gasteiger partial charge in [0.2, 0.25) is 17.6 Å². The Balaban J connectivity index is 1.25. The highest BCUT2D eigenvalue weighted by Gasteiger charge is 2.47. The van der Waals surface area contributed by atoms with Crippen LogP contribution in [0.25, 0.3) is 11.0 Å². The van der Waals surface area contributed by atoms with E-state index in [1.807, 2.05) is 0 Å². The second kappa shape index (κ2) is 17.0. The number of carbonyl (C=O) groups excluding carboxylic acids is 4. The molecule has 0 bridgehead atoms. The third kappa shape index (κ3) is 9.56. The number of alkyl halides is 1. The normalized spacial score (nSPS) is 23.7. The molecule has 12 heteroatoms. The number of esters is 1. The van der Waals surface area contributed by atoms with E-state index < -0.39 is 36.4 Å². The fraction of sp³-hybridized carbons (Fsp3) is 0.684. The number of nitrogens with one attached hydrogen (secondary N) is 2. The second-order valence-electron chi connectivity index (χ2n) is 15.2. The van der Waals surface area contributed by atoms with Gasteiger partial charge in [0, 0.05) is 43.7 Å². The van der Waals surface area contributed by atoms with E-state index in [1.165, 1.54) is 6.42 Å². The summed E-state index contributed by atoms with van der Waals surface area (Å²) in [5.41, 5.74) is 0.370. The zero-order valence-electron chi connectivity index (χ0n) is 30.0. The molecule has 0 spiro atoms. The minimum Gasteiger partial charge on any atom is -0.460 e. The molecule has 2 saturated carbocycles. The first-order valence-electron chi connectivity index (χ1n) is 18.3. The van der Waals surface area contributed by atoms with Gasteiger partial charge in [0.05, 0.1) is 12.6 Å². The monoisotopic (exact) mass is 699 g/mol. The lowest BCUT2D eigenvalue weighted by molar-refractivity contribution is -0.142. The van der Waals surface area contributed by atoms with Gasteiger partial charge >= 0.3 is 12.1 Å². The Morgan fingerprint density at radius 2 is 1.72 bits per heavy atom. The minimum absolute atomic E-state index is 0.0160. The molecule has 2 aromatic rings. The second-order valence-corrected chi connectivity index (χ2v) is 15.2. The summed E-state index contributed by atoms with van der Waals surface area (Å²) in [5.74, 6) is -0.611. The molecule has 0 unspecified atom stereocenters. The summed E-state index contributed by atoms with van der Waals surface area (Å²) in [6, 6.07) is 5.56. The summed E-state index contributed by atoms with van der Waals surface area (Å²) < 4.78 is 35.3. The van der Waals surface area contributed by atoms with Gasteiger partial charge in [-0.25, -0.2) is 14.0 Å². The zero-order valence-corrected chi connectivity index (χ0v) is 30.0. The summed E-state index contributed by atoms with van der Waals surface area (Å²) in [7, 11) is 1.59. The molecule has 1 saturated heterocycles. The number of ether oxygens (including phenoxy) is 3. The van der Waals surface area contributed by atoms with E-state index in [2.05, 4.69) is 10.6 Å². The van der Waals surface area contributed by atoms with E-state index in [9.17, 15) is 23.6 Å². The van der Waals surface area contributed by atoms with E-state index in [-0.39, 0.29) is 41.9 Å². The molecule has 3 amide bonds. The van der Waals surface area contributed by atoms with Crippen LogP contribution in [0.4, 0.5) is 14.9 Å². The Morgan fingerprint density at radius 1 is 0.980 bits per heavy atom. The van der Waals surface area contributed by atoms with Crippen LogP contribution in [0.5, 0.6) is 0 Å². The molecule has 3 aliphatic rings. The number of fused-ring (bicyclic) bond motifs is 1. The van der Waals surface area contributed by atoms with Crippen LogP contribution in [0.1, 0.15) is 102 Å². The number of benzene rings is 1. The average Bonchev–Trinajstić information content (AvgIpc) is 3.73. The molecule has 50 heavy (non-hydrogen) atoms. The number of alkyl carbamates (subject to hydrolysis) is 1. The summed E-state index contributed by atoms with van der Waals surface area (Å²) in [6.07, 6.45) is 8.65. The van der Waals surface area contributed by atoms with Crippen LogP contribution < -0.4 is 10.6 Å². The fourth-order valence-corrected chi connectivity index (χ4v) is 8.08. The largest absolute Gasteiger partial charge is 0.460 e. The third-order valence-corrected chi connectivity index (χ3v) is 10.5. The number of nitrogens with zero attached hydrogens (tertiary/aromatic N) is 1. The maximum Gasteiger partial charge on any atom is 0.407 e. The predicted octanol–water partition coefficient (Wildman–Crippen LogP) is 7.03. The van der Waals surface area contributed by atoms with Crippen molar-refractivity contribution in [3.8, 4) is 0 Å². The van der Waals surface area contributed by atoms with Crippen LogP contribution in [-0.2, 0) is 23.8 Å². The van der Waals surface area contributed by atoms with Gasteiger partial charge in [-0.3, -0.25) is 9.59 Å². The third-order valence-electron chi connectivity index (χ3n) is 10.5. The van der Waals surface area contributed by atoms with Crippen molar-refractivity contribution in [1.29, 1.82) is 0 Å². The Morgan fingerprint density at radius 3 is 2.40 bits per heavy atom. The van der Waals surface area contributed by atoms with E-state index in [1.54, 1.807) is 57.0 Å². The fourth-order valence-electron chi connectivity index (χ4n) is 8.08. The Bertz CT molecular complexity index is 1470. The topological polar surface area (TPSA) is 136 Å². The lowest BCUT2D eigenvalue weighted by Gasteiger charge is -2.37. The van der Waals surface area contributed by atoms with Crippen molar-refractivity contribution in [3.05, 3.63) is 30.0 Å².